The van der Waals surface area contributed by atoms with Gasteiger partial charge in [-0.1, -0.05) is 109 Å². The maximum Gasteiger partial charge on any atom is 0.213 e. The number of hydrogen-bond acceptors (Lipinski definition) is 1. The Morgan fingerprint density at radius 3 is 1.57 bits per heavy atom. The molecule has 0 bridgehead atoms. The van der Waals surface area contributed by atoms with E-state index in [1.807, 2.05) is 6.07 Å². The number of hydrogen-bond donors (Lipinski definition) is 0. The van der Waals surface area contributed by atoms with Crippen molar-refractivity contribution in [3.63, 3.8) is 0 Å². The van der Waals surface area contributed by atoms with Crippen molar-refractivity contribution in [1.82, 2.24) is 13.7 Å². The highest BCUT2D eigenvalue weighted by Crippen LogP contribution is 2.45. The van der Waals surface area contributed by atoms with Gasteiger partial charge in [-0.25, -0.2) is 0 Å². The van der Waals surface area contributed by atoms with Gasteiger partial charge in [0.25, 0.3) is 0 Å². The zero-order valence-corrected chi connectivity index (χ0v) is 29.1. The molecule has 0 saturated heterocycles. The fourth-order valence-corrected chi connectivity index (χ4v) is 8.98. The first-order valence-corrected chi connectivity index (χ1v) is 18.4. The van der Waals surface area contributed by atoms with Crippen molar-refractivity contribution in [2.75, 3.05) is 0 Å². The van der Waals surface area contributed by atoms with Crippen LogP contribution in [0.5, 0.6) is 0 Å². The molecule has 0 unspecified atom stereocenters. The Kier molecular flexibility index (Phi) is 6.02. The number of benzene rings is 8. The van der Waals surface area contributed by atoms with Crippen molar-refractivity contribution in [3.8, 4) is 28.2 Å². The van der Waals surface area contributed by atoms with Crippen LogP contribution in [-0.4, -0.2) is 13.7 Å². The number of para-hydroxylation sites is 5. The molecule has 0 spiro atoms. The summed E-state index contributed by atoms with van der Waals surface area (Å²) in [6.45, 7) is 0. The molecule has 0 aliphatic rings. The third kappa shape index (κ3) is 4.02. The molecular weight excluding hydrogens is 659 g/mol. The summed E-state index contributed by atoms with van der Waals surface area (Å²) in [5.74, 6) is 0. The maximum absolute atomic E-state index is 6.66. The molecule has 0 fully saturated rings. The predicted molar refractivity (Wildman–Crippen MR) is 225 cm³/mol. The number of furan rings is 1. The standard InChI is InChI=1S/C50H31N3O/c1-3-14-33(15-4-1)51-44-28-26-32(30-40(44)41-31-35(27-29-45(41)51)52-42-22-10-7-18-37(42)38-19-8-11-23-43(38)52)36-21-13-24-46-48(36)49-39-20-9-12-25-47(39)54-50(49)53(46)34-16-5-2-6-17-34/h1-31H. The lowest BCUT2D eigenvalue weighted by Gasteiger charge is -2.10. The Hall–Kier alpha value is -7.30. The van der Waals surface area contributed by atoms with Crippen LogP contribution >= 0.6 is 0 Å². The van der Waals surface area contributed by atoms with Gasteiger partial charge in [0.15, 0.2) is 0 Å². The molecule has 0 N–H and O–H groups in total. The molecule has 4 heteroatoms. The Bertz CT molecular complexity index is 3380. The second-order valence-corrected chi connectivity index (χ2v) is 14.1. The third-order valence-corrected chi connectivity index (χ3v) is 11.2. The van der Waals surface area contributed by atoms with Crippen molar-refractivity contribution in [1.29, 1.82) is 0 Å². The summed E-state index contributed by atoms with van der Waals surface area (Å²) in [6.07, 6.45) is 0. The summed E-state index contributed by atoms with van der Waals surface area (Å²) in [4.78, 5) is 0. The van der Waals surface area contributed by atoms with E-state index >= 15 is 0 Å². The zero-order valence-electron chi connectivity index (χ0n) is 29.1. The molecule has 0 saturated carbocycles. The lowest BCUT2D eigenvalue weighted by atomic mass is 9.97. The van der Waals surface area contributed by atoms with E-state index in [0.29, 0.717) is 0 Å². The number of aromatic nitrogens is 3. The second kappa shape index (κ2) is 11.1. The van der Waals surface area contributed by atoms with Gasteiger partial charge in [0.1, 0.15) is 5.58 Å². The molecule has 0 amide bonds. The van der Waals surface area contributed by atoms with E-state index in [-0.39, 0.29) is 0 Å². The average molecular weight is 690 g/mol. The molecule has 0 atom stereocenters. The topological polar surface area (TPSA) is 27.9 Å². The van der Waals surface area contributed by atoms with E-state index in [2.05, 4.69) is 196 Å². The van der Waals surface area contributed by atoms with Gasteiger partial charge in [-0.2, -0.15) is 0 Å². The van der Waals surface area contributed by atoms with Crippen molar-refractivity contribution in [2.24, 2.45) is 0 Å². The minimum Gasteiger partial charge on any atom is -0.439 e. The molecule has 12 rings (SSSR count). The van der Waals surface area contributed by atoms with Gasteiger partial charge in [0.2, 0.25) is 5.71 Å². The van der Waals surface area contributed by atoms with Crippen LogP contribution in [0.4, 0.5) is 0 Å². The molecule has 0 radical (unpaired) electrons. The molecule has 54 heavy (non-hydrogen) atoms. The summed E-state index contributed by atoms with van der Waals surface area (Å²) >= 11 is 0. The van der Waals surface area contributed by atoms with Crippen molar-refractivity contribution < 1.29 is 4.42 Å². The van der Waals surface area contributed by atoms with Crippen LogP contribution in [0.1, 0.15) is 0 Å². The minimum absolute atomic E-state index is 0.863. The molecule has 8 aromatic carbocycles. The molecule has 252 valence electrons. The largest absolute Gasteiger partial charge is 0.439 e. The summed E-state index contributed by atoms with van der Waals surface area (Å²) in [5.41, 5.74) is 13.3. The number of nitrogens with zero attached hydrogens (tertiary/aromatic N) is 3. The minimum atomic E-state index is 0.863. The van der Waals surface area contributed by atoms with Crippen LogP contribution in [0.3, 0.4) is 0 Å². The van der Waals surface area contributed by atoms with Crippen molar-refractivity contribution >= 4 is 76.6 Å². The zero-order chi connectivity index (χ0) is 35.3. The third-order valence-electron chi connectivity index (χ3n) is 11.2. The molecule has 12 aromatic rings. The van der Waals surface area contributed by atoms with E-state index in [0.717, 1.165) is 44.6 Å². The fraction of sp³-hybridized carbons (Fsp3) is 0. The van der Waals surface area contributed by atoms with Gasteiger partial charge < -0.3 is 13.6 Å². The first-order chi connectivity index (χ1) is 26.8. The lowest BCUT2D eigenvalue weighted by Crippen LogP contribution is -1.95. The molecular formula is C50H31N3O. The first-order valence-electron chi connectivity index (χ1n) is 18.4. The highest BCUT2D eigenvalue weighted by atomic mass is 16.3. The number of fused-ring (bicyclic) bond motifs is 11. The summed E-state index contributed by atoms with van der Waals surface area (Å²) < 4.78 is 13.7. The normalized spacial score (nSPS) is 12.1. The molecule has 4 aromatic heterocycles. The van der Waals surface area contributed by atoms with Gasteiger partial charge in [-0.15, -0.1) is 0 Å². The van der Waals surface area contributed by atoms with E-state index in [1.165, 1.54) is 60.1 Å². The molecule has 4 heterocycles. The van der Waals surface area contributed by atoms with E-state index in [4.69, 9.17) is 4.42 Å². The first kappa shape index (κ1) is 29.3. The van der Waals surface area contributed by atoms with Crippen LogP contribution in [0.25, 0.3) is 105 Å². The van der Waals surface area contributed by atoms with Crippen LogP contribution < -0.4 is 0 Å². The van der Waals surface area contributed by atoms with Gasteiger partial charge in [0, 0.05) is 49.4 Å². The van der Waals surface area contributed by atoms with Gasteiger partial charge in [-0.05, 0) is 90.0 Å². The van der Waals surface area contributed by atoms with E-state index in [9.17, 15) is 0 Å². The summed E-state index contributed by atoms with van der Waals surface area (Å²) in [6, 6.07) is 67.7. The van der Waals surface area contributed by atoms with Crippen LogP contribution in [-0.2, 0) is 0 Å². The molecule has 4 nitrogen and oxygen atoms in total. The van der Waals surface area contributed by atoms with Gasteiger partial charge in [0.05, 0.1) is 33.0 Å². The van der Waals surface area contributed by atoms with Gasteiger partial charge in [-0.3, -0.25) is 4.57 Å². The summed E-state index contributed by atoms with van der Waals surface area (Å²) in [7, 11) is 0. The smallest absolute Gasteiger partial charge is 0.213 e. The number of rotatable bonds is 4. The highest BCUT2D eigenvalue weighted by molar-refractivity contribution is 6.24. The Morgan fingerprint density at radius 1 is 0.315 bits per heavy atom. The van der Waals surface area contributed by atoms with Crippen LogP contribution in [0, 0.1) is 0 Å². The lowest BCUT2D eigenvalue weighted by molar-refractivity contribution is 0.645. The van der Waals surface area contributed by atoms with Crippen LogP contribution in [0.2, 0.25) is 0 Å². The van der Waals surface area contributed by atoms with Crippen molar-refractivity contribution in [3.05, 3.63) is 188 Å². The summed E-state index contributed by atoms with van der Waals surface area (Å²) in [5, 5.41) is 8.40. The Morgan fingerprint density at radius 2 is 0.852 bits per heavy atom. The maximum atomic E-state index is 6.66. The second-order valence-electron chi connectivity index (χ2n) is 14.1. The molecule has 0 aliphatic carbocycles. The monoisotopic (exact) mass is 689 g/mol. The van der Waals surface area contributed by atoms with Crippen molar-refractivity contribution in [2.45, 2.75) is 0 Å². The SMILES string of the molecule is c1ccc(-n2c3ccc(-c4cccc5c4c4c6ccccc6oc4n5-c4ccccc4)cc3c3cc(-n4c5ccccc5c5ccccc54)ccc32)cc1. The van der Waals surface area contributed by atoms with Gasteiger partial charge >= 0.3 is 0 Å². The Labute approximate surface area is 309 Å². The highest BCUT2D eigenvalue weighted by Gasteiger charge is 2.23. The van der Waals surface area contributed by atoms with E-state index < -0.39 is 0 Å². The average Bonchev–Trinajstić information content (AvgIpc) is 3.96. The van der Waals surface area contributed by atoms with Crippen LogP contribution in [0.15, 0.2) is 192 Å². The Balaban J connectivity index is 1.17. The quantitative estimate of drug-likeness (QED) is 0.181. The fourth-order valence-electron chi connectivity index (χ4n) is 8.98. The molecule has 0 aliphatic heterocycles. The predicted octanol–water partition coefficient (Wildman–Crippen LogP) is 13.4. The van der Waals surface area contributed by atoms with E-state index in [1.54, 1.807) is 0 Å².